The molecule has 0 atom stereocenters. The zero-order valence-corrected chi connectivity index (χ0v) is 10.1. The molecule has 5 heteroatoms. The summed E-state index contributed by atoms with van der Waals surface area (Å²) in [6.07, 6.45) is 1.37. The van der Waals surface area contributed by atoms with Gasteiger partial charge in [-0.3, -0.25) is 4.90 Å². The number of rotatable bonds is 1. The van der Waals surface area contributed by atoms with Crippen molar-refractivity contribution in [2.24, 2.45) is 0 Å². The number of hydrogen-bond donors (Lipinski definition) is 2. The molecule has 3 rings (SSSR count). The number of anilines is 1. The van der Waals surface area contributed by atoms with Crippen molar-refractivity contribution in [1.29, 1.82) is 0 Å². The molecule has 0 aliphatic carbocycles. The molecule has 0 unspecified atom stereocenters. The normalized spacial score (nSPS) is 22.2. The first-order valence-corrected chi connectivity index (χ1v) is 6.19. The maximum atomic E-state index is 12.0. The van der Waals surface area contributed by atoms with Crippen LogP contribution in [-0.2, 0) is 4.74 Å². The van der Waals surface area contributed by atoms with E-state index in [0.717, 1.165) is 25.9 Å². The third-order valence-electron chi connectivity index (χ3n) is 3.63. The first-order chi connectivity index (χ1) is 8.69. The van der Waals surface area contributed by atoms with E-state index in [4.69, 9.17) is 4.74 Å². The lowest BCUT2D eigenvalue weighted by Crippen LogP contribution is -2.44. The third kappa shape index (κ3) is 1.90. The van der Waals surface area contributed by atoms with Crippen LogP contribution in [0, 0.1) is 0 Å². The highest BCUT2D eigenvalue weighted by molar-refractivity contribution is 5.90. The Labute approximate surface area is 105 Å². The molecule has 2 fully saturated rings. The summed E-state index contributed by atoms with van der Waals surface area (Å²) in [7, 11) is 0. The zero-order valence-electron chi connectivity index (χ0n) is 10.1. The molecular formula is C13H16N2O3. The smallest absolute Gasteiger partial charge is 0.415 e. The molecule has 1 amide bonds. The van der Waals surface area contributed by atoms with Gasteiger partial charge < -0.3 is 15.2 Å². The maximum Gasteiger partial charge on any atom is 0.415 e. The molecule has 0 saturated carbocycles. The zero-order chi connectivity index (χ0) is 12.6. The van der Waals surface area contributed by atoms with Crippen molar-refractivity contribution in [1.82, 2.24) is 5.32 Å². The van der Waals surface area contributed by atoms with E-state index < -0.39 is 0 Å². The van der Waals surface area contributed by atoms with Gasteiger partial charge in [-0.05, 0) is 25.2 Å². The summed E-state index contributed by atoms with van der Waals surface area (Å²) in [5, 5.41) is 12.7. The number of nitrogens with one attached hydrogen (secondary N) is 1. The Morgan fingerprint density at radius 2 is 2.11 bits per heavy atom. The topological polar surface area (TPSA) is 61.8 Å². The van der Waals surface area contributed by atoms with Gasteiger partial charge in [0.05, 0.1) is 12.2 Å². The van der Waals surface area contributed by atoms with Crippen LogP contribution in [0.15, 0.2) is 24.3 Å². The Morgan fingerprint density at radius 3 is 2.83 bits per heavy atom. The van der Waals surface area contributed by atoms with Gasteiger partial charge in [0.25, 0.3) is 0 Å². The van der Waals surface area contributed by atoms with Crippen LogP contribution >= 0.6 is 0 Å². The largest absolute Gasteiger partial charge is 0.508 e. The minimum Gasteiger partial charge on any atom is -0.508 e. The molecule has 2 saturated heterocycles. The minimum absolute atomic E-state index is 0.159. The molecule has 96 valence electrons. The highest BCUT2D eigenvalue weighted by Crippen LogP contribution is 2.34. The van der Waals surface area contributed by atoms with E-state index in [1.54, 1.807) is 29.2 Å². The van der Waals surface area contributed by atoms with E-state index in [1.165, 1.54) is 0 Å². The van der Waals surface area contributed by atoms with Crippen molar-refractivity contribution >= 4 is 11.8 Å². The molecule has 18 heavy (non-hydrogen) atoms. The summed E-state index contributed by atoms with van der Waals surface area (Å²) in [5.74, 6) is 0.159. The monoisotopic (exact) mass is 248 g/mol. The van der Waals surface area contributed by atoms with Gasteiger partial charge in [-0.25, -0.2) is 4.79 Å². The van der Waals surface area contributed by atoms with Gasteiger partial charge in [0.2, 0.25) is 0 Å². The van der Waals surface area contributed by atoms with Gasteiger partial charge in [-0.2, -0.15) is 0 Å². The third-order valence-corrected chi connectivity index (χ3v) is 3.63. The molecule has 2 N–H and O–H groups in total. The van der Waals surface area contributed by atoms with Gasteiger partial charge in [0.15, 0.2) is 0 Å². The first-order valence-electron chi connectivity index (χ1n) is 6.19. The number of piperidine rings is 1. The van der Waals surface area contributed by atoms with Crippen molar-refractivity contribution in [3.63, 3.8) is 0 Å². The average Bonchev–Trinajstić information content (AvgIpc) is 2.67. The molecule has 0 aromatic heterocycles. The Bertz CT molecular complexity index is 469. The molecule has 0 bridgehead atoms. The molecule has 1 aromatic carbocycles. The fourth-order valence-corrected chi connectivity index (χ4v) is 2.63. The number of carbonyl (C=O) groups is 1. The Hall–Kier alpha value is -1.75. The van der Waals surface area contributed by atoms with Gasteiger partial charge in [-0.15, -0.1) is 0 Å². The van der Waals surface area contributed by atoms with Crippen molar-refractivity contribution in [3.05, 3.63) is 24.3 Å². The molecule has 1 spiro atoms. The number of phenolic OH excluding ortho intramolecular Hbond substituents is 1. The van der Waals surface area contributed by atoms with Crippen LogP contribution in [0.1, 0.15) is 12.8 Å². The van der Waals surface area contributed by atoms with Crippen LogP contribution in [0.5, 0.6) is 5.75 Å². The highest BCUT2D eigenvalue weighted by atomic mass is 16.6. The van der Waals surface area contributed by atoms with E-state index in [0.29, 0.717) is 12.2 Å². The van der Waals surface area contributed by atoms with Crippen molar-refractivity contribution in [2.45, 2.75) is 18.4 Å². The van der Waals surface area contributed by atoms with E-state index >= 15 is 0 Å². The van der Waals surface area contributed by atoms with Crippen LogP contribution in [0.4, 0.5) is 10.5 Å². The maximum absolute atomic E-state index is 12.0. The SMILES string of the molecule is O=C1OC2(CCNCC2)CN1c1cccc(O)c1. The number of hydrogen-bond acceptors (Lipinski definition) is 4. The predicted molar refractivity (Wildman–Crippen MR) is 66.8 cm³/mol. The molecule has 2 heterocycles. The average molecular weight is 248 g/mol. The van der Waals surface area contributed by atoms with Crippen LogP contribution < -0.4 is 10.2 Å². The number of nitrogens with zero attached hydrogens (tertiary/aromatic N) is 1. The lowest BCUT2D eigenvalue weighted by molar-refractivity contribution is 0.0316. The lowest BCUT2D eigenvalue weighted by Gasteiger charge is -2.31. The molecule has 1 aromatic rings. The first kappa shape index (κ1) is 11.3. The predicted octanol–water partition coefficient (Wildman–Crippen LogP) is 1.47. The van der Waals surface area contributed by atoms with Gasteiger partial charge in [-0.1, -0.05) is 6.07 Å². The number of aromatic hydroxyl groups is 1. The summed E-state index contributed by atoms with van der Waals surface area (Å²) >= 11 is 0. The fraction of sp³-hybridized carbons (Fsp3) is 0.462. The van der Waals surface area contributed by atoms with E-state index in [9.17, 15) is 9.90 Å². The van der Waals surface area contributed by atoms with E-state index in [2.05, 4.69) is 5.32 Å². The Balaban J connectivity index is 1.84. The number of benzene rings is 1. The number of amides is 1. The van der Waals surface area contributed by atoms with Crippen LogP contribution in [-0.4, -0.2) is 36.4 Å². The van der Waals surface area contributed by atoms with Gasteiger partial charge in [0.1, 0.15) is 11.4 Å². The summed E-state index contributed by atoms with van der Waals surface area (Å²) in [4.78, 5) is 13.6. The summed E-state index contributed by atoms with van der Waals surface area (Å²) in [6, 6.07) is 6.71. The second-order valence-electron chi connectivity index (χ2n) is 4.91. The number of carbonyl (C=O) groups excluding carboxylic acids is 1. The standard InChI is InChI=1S/C13H16N2O3/c16-11-3-1-2-10(8-11)15-9-13(18-12(15)17)4-6-14-7-5-13/h1-3,8,14,16H,4-7,9H2. The van der Waals surface area contributed by atoms with Crippen LogP contribution in [0.2, 0.25) is 0 Å². The van der Waals surface area contributed by atoms with Crippen molar-refractivity contribution < 1.29 is 14.6 Å². The number of ether oxygens (including phenoxy) is 1. The van der Waals surface area contributed by atoms with Gasteiger partial charge in [0, 0.05) is 18.9 Å². The molecule has 2 aliphatic heterocycles. The molecule has 2 aliphatic rings. The lowest BCUT2D eigenvalue weighted by atomic mass is 9.92. The molecule has 5 nitrogen and oxygen atoms in total. The second kappa shape index (κ2) is 4.17. The highest BCUT2D eigenvalue weighted by Gasteiger charge is 2.46. The summed E-state index contributed by atoms with van der Waals surface area (Å²) in [5.41, 5.74) is 0.337. The summed E-state index contributed by atoms with van der Waals surface area (Å²) < 4.78 is 5.56. The van der Waals surface area contributed by atoms with Crippen molar-refractivity contribution in [3.8, 4) is 5.75 Å². The fourth-order valence-electron chi connectivity index (χ4n) is 2.63. The Kier molecular flexibility index (Phi) is 2.63. The van der Waals surface area contributed by atoms with Crippen LogP contribution in [0.25, 0.3) is 0 Å². The second-order valence-corrected chi connectivity index (χ2v) is 4.91. The molecule has 0 radical (unpaired) electrons. The quantitative estimate of drug-likeness (QED) is 0.790. The Morgan fingerprint density at radius 1 is 1.33 bits per heavy atom. The van der Waals surface area contributed by atoms with Gasteiger partial charge >= 0.3 is 6.09 Å². The number of phenols is 1. The van der Waals surface area contributed by atoms with Crippen LogP contribution in [0.3, 0.4) is 0 Å². The van der Waals surface area contributed by atoms with E-state index in [-0.39, 0.29) is 17.4 Å². The van der Waals surface area contributed by atoms with Crippen molar-refractivity contribution in [2.75, 3.05) is 24.5 Å². The minimum atomic E-state index is -0.353. The molecular weight excluding hydrogens is 232 g/mol. The summed E-state index contributed by atoms with van der Waals surface area (Å²) in [6.45, 7) is 2.32. The van der Waals surface area contributed by atoms with E-state index in [1.807, 2.05) is 0 Å².